The maximum absolute atomic E-state index is 13.6. The lowest BCUT2D eigenvalue weighted by Crippen LogP contribution is -2.14. The predicted molar refractivity (Wildman–Crippen MR) is 76.6 cm³/mol. The molecule has 2 aromatic rings. The van der Waals surface area contributed by atoms with Crippen LogP contribution in [-0.4, -0.2) is 0 Å². The third kappa shape index (κ3) is 2.65. The maximum Gasteiger partial charge on any atom is 0.163 e. The lowest BCUT2D eigenvalue weighted by atomic mass is 9.99. The van der Waals surface area contributed by atoms with Gasteiger partial charge in [-0.25, -0.2) is 8.78 Å². The first-order valence-corrected chi connectivity index (χ1v) is 6.61. The van der Waals surface area contributed by atoms with Crippen LogP contribution in [0.25, 0.3) is 0 Å². The van der Waals surface area contributed by atoms with Gasteiger partial charge < -0.3 is 5.73 Å². The van der Waals surface area contributed by atoms with Gasteiger partial charge in [-0.3, -0.25) is 0 Å². The van der Waals surface area contributed by atoms with E-state index in [0.717, 1.165) is 9.64 Å². The largest absolute Gasteiger partial charge is 0.320 e. The average molecular weight is 380 g/mol. The molecule has 2 N–H and O–H groups in total. The Bertz CT molecular complexity index is 589. The molecule has 0 aliphatic heterocycles. The van der Waals surface area contributed by atoms with Crippen molar-refractivity contribution in [2.24, 2.45) is 5.73 Å². The SMILES string of the molecule is NC(c1ccc(I)c(Cl)c1)c1cccc(F)c1F. The van der Waals surface area contributed by atoms with Gasteiger partial charge in [0.1, 0.15) is 0 Å². The molecule has 94 valence electrons. The highest BCUT2D eigenvalue weighted by molar-refractivity contribution is 14.1. The van der Waals surface area contributed by atoms with Crippen molar-refractivity contribution in [2.75, 3.05) is 0 Å². The summed E-state index contributed by atoms with van der Waals surface area (Å²) in [6.45, 7) is 0. The van der Waals surface area contributed by atoms with Gasteiger partial charge in [0.25, 0.3) is 0 Å². The third-order valence-electron chi connectivity index (χ3n) is 2.62. The molecule has 0 radical (unpaired) electrons. The number of hydrogen-bond acceptors (Lipinski definition) is 1. The summed E-state index contributed by atoms with van der Waals surface area (Å²) in [5, 5.41) is 0.542. The molecule has 0 saturated carbocycles. The van der Waals surface area contributed by atoms with Crippen molar-refractivity contribution < 1.29 is 8.78 Å². The molecule has 0 fully saturated rings. The first kappa shape index (κ1) is 13.7. The summed E-state index contributed by atoms with van der Waals surface area (Å²) in [5.41, 5.74) is 6.70. The van der Waals surface area contributed by atoms with E-state index in [1.165, 1.54) is 12.1 Å². The molecule has 0 bridgehead atoms. The maximum atomic E-state index is 13.6. The second-order valence-electron chi connectivity index (χ2n) is 3.79. The van der Waals surface area contributed by atoms with E-state index in [1.807, 2.05) is 0 Å². The number of rotatable bonds is 2. The highest BCUT2D eigenvalue weighted by Crippen LogP contribution is 2.27. The molecule has 5 heteroatoms. The van der Waals surface area contributed by atoms with Crippen molar-refractivity contribution in [3.8, 4) is 0 Å². The van der Waals surface area contributed by atoms with Crippen LogP contribution in [0.4, 0.5) is 8.78 Å². The zero-order valence-corrected chi connectivity index (χ0v) is 12.0. The Labute approximate surface area is 122 Å². The van der Waals surface area contributed by atoms with E-state index < -0.39 is 17.7 Å². The van der Waals surface area contributed by atoms with Crippen LogP contribution in [0, 0.1) is 15.2 Å². The molecule has 0 aliphatic rings. The van der Waals surface area contributed by atoms with Crippen LogP contribution < -0.4 is 5.73 Å². The molecule has 1 nitrogen and oxygen atoms in total. The summed E-state index contributed by atoms with van der Waals surface area (Å²) in [7, 11) is 0. The molecule has 0 amide bonds. The fourth-order valence-corrected chi connectivity index (χ4v) is 2.17. The van der Waals surface area contributed by atoms with E-state index in [0.29, 0.717) is 10.6 Å². The number of nitrogens with two attached hydrogens (primary N) is 1. The standard InChI is InChI=1S/C13H9ClF2IN/c14-9-6-7(4-5-11(9)17)13(18)8-2-1-3-10(15)12(8)16/h1-6,13H,18H2. The third-order valence-corrected chi connectivity index (χ3v) is 4.19. The molecule has 1 atom stereocenters. The topological polar surface area (TPSA) is 26.0 Å². The molecular weight excluding hydrogens is 371 g/mol. The van der Waals surface area contributed by atoms with Crippen molar-refractivity contribution in [1.29, 1.82) is 0 Å². The van der Waals surface area contributed by atoms with E-state index in [9.17, 15) is 8.78 Å². The summed E-state index contributed by atoms with van der Waals surface area (Å²) in [4.78, 5) is 0. The zero-order chi connectivity index (χ0) is 13.3. The highest BCUT2D eigenvalue weighted by atomic mass is 127. The summed E-state index contributed by atoms with van der Waals surface area (Å²) in [6.07, 6.45) is 0. The normalized spacial score (nSPS) is 12.5. The Hall–Kier alpha value is -0.720. The Morgan fingerprint density at radius 1 is 1.17 bits per heavy atom. The minimum absolute atomic E-state index is 0.118. The number of benzene rings is 2. The van der Waals surface area contributed by atoms with Crippen LogP contribution in [0.1, 0.15) is 17.2 Å². The van der Waals surface area contributed by atoms with E-state index in [2.05, 4.69) is 22.6 Å². The van der Waals surface area contributed by atoms with Gasteiger partial charge in [0.2, 0.25) is 0 Å². The van der Waals surface area contributed by atoms with Gasteiger partial charge in [-0.2, -0.15) is 0 Å². The Morgan fingerprint density at radius 3 is 2.56 bits per heavy atom. The van der Waals surface area contributed by atoms with Gasteiger partial charge in [0.15, 0.2) is 11.6 Å². The van der Waals surface area contributed by atoms with Gasteiger partial charge in [-0.15, -0.1) is 0 Å². The fraction of sp³-hybridized carbons (Fsp3) is 0.0769. The first-order chi connectivity index (χ1) is 8.50. The van der Waals surface area contributed by atoms with Crippen molar-refractivity contribution in [3.63, 3.8) is 0 Å². The number of halogens is 4. The average Bonchev–Trinajstić information content (AvgIpc) is 2.35. The van der Waals surface area contributed by atoms with Crippen LogP contribution >= 0.6 is 34.2 Å². The van der Waals surface area contributed by atoms with Crippen LogP contribution in [0.3, 0.4) is 0 Å². The quantitative estimate of drug-likeness (QED) is 0.775. The molecule has 18 heavy (non-hydrogen) atoms. The molecular formula is C13H9ClF2IN. The molecule has 2 rings (SSSR count). The van der Waals surface area contributed by atoms with Crippen molar-refractivity contribution >= 4 is 34.2 Å². The fourth-order valence-electron chi connectivity index (χ4n) is 1.65. The minimum Gasteiger partial charge on any atom is -0.320 e. The van der Waals surface area contributed by atoms with Crippen LogP contribution in [0.5, 0.6) is 0 Å². The second kappa shape index (κ2) is 5.50. The predicted octanol–water partition coefficient (Wildman–Crippen LogP) is 4.27. The van der Waals surface area contributed by atoms with Gasteiger partial charge in [-0.05, 0) is 46.4 Å². The molecule has 0 aromatic heterocycles. The Kier molecular flexibility index (Phi) is 4.19. The van der Waals surface area contributed by atoms with Gasteiger partial charge in [0, 0.05) is 9.13 Å². The van der Waals surface area contributed by atoms with Crippen molar-refractivity contribution in [3.05, 3.63) is 67.8 Å². The van der Waals surface area contributed by atoms with Gasteiger partial charge in [0.05, 0.1) is 11.1 Å². The smallest absolute Gasteiger partial charge is 0.163 e. The highest BCUT2D eigenvalue weighted by Gasteiger charge is 2.16. The van der Waals surface area contributed by atoms with Crippen LogP contribution in [0.15, 0.2) is 36.4 Å². The van der Waals surface area contributed by atoms with Crippen molar-refractivity contribution in [2.45, 2.75) is 6.04 Å². The van der Waals surface area contributed by atoms with Crippen LogP contribution in [0.2, 0.25) is 5.02 Å². The van der Waals surface area contributed by atoms with Crippen molar-refractivity contribution in [1.82, 2.24) is 0 Å². The summed E-state index contributed by atoms with van der Waals surface area (Å²) in [6, 6.07) is 8.43. The van der Waals surface area contributed by atoms with Crippen LogP contribution in [-0.2, 0) is 0 Å². The Morgan fingerprint density at radius 2 is 1.89 bits per heavy atom. The van der Waals surface area contributed by atoms with E-state index in [1.54, 1.807) is 18.2 Å². The molecule has 0 saturated heterocycles. The zero-order valence-electron chi connectivity index (χ0n) is 9.13. The molecule has 0 spiro atoms. The van der Waals surface area contributed by atoms with E-state index >= 15 is 0 Å². The first-order valence-electron chi connectivity index (χ1n) is 5.15. The van der Waals surface area contributed by atoms with Gasteiger partial charge >= 0.3 is 0 Å². The summed E-state index contributed by atoms with van der Waals surface area (Å²) >= 11 is 8.07. The van der Waals surface area contributed by atoms with E-state index in [-0.39, 0.29) is 5.56 Å². The monoisotopic (exact) mass is 379 g/mol. The van der Waals surface area contributed by atoms with E-state index in [4.69, 9.17) is 17.3 Å². The summed E-state index contributed by atoms with van der Waals surface area (Å²) < 4.78 is 27.6. The number of hydrogen-bond donors (Lipinski definition) is 1. The second-order valence-corrected chi connectivity index (χ2v) is 5.36. The molecule has 0 heterocycles. The molecule has 0 aliphatic carbocycles. The molecule has 1 unspecified atom stereocenters. The molecule has 2 aromatic carbocycles. The van der Waals surface area contributed by atoms with Gasteiger partial charge in [-0.1, -0.05) is 29.8 Å². The lowest BCUT2D eigenvalue weighted by Gasteiger charge is -2.14. The summed E-state index contributed by atoms with van der Waals surface area (Å²) in [5.74, 6) is -1.82. The lowest BCUT2D eigenvalue weighted by molar-refractivity contribution is 0.494. The Balaban J connectivity index is 2.44. The minimum atomic E-state index is -0.917.